The molecule has 3 rings (SSSR count). The van der Waals surface area contributed by atoms with Crippen LogP contribution in [0.4, 0.5) is 0 Å². The highest BCUT2D eigenvalue weighted by atomic mass is 16.4. The number of hydrogen-bond acceptors (Lipinski definition) is 5. The lowest BCUT2D eigenvalue weighted by atomic mass is 9.99. The van der Waals surface area contributed by atoms with Crippen molar-refractivity contribution in [3.8, 4) is 6.07 Å². The molecule has 1 atom stereocenters. The summed E-state index contributed by atoms with van der Waals surface area (Å²) in [5.41, 5.74) is 1.83. The average molecular weight is 266 g/mol. The van der Waals surface area contributed by atoms with Gasteiger partial charge < -0.3 is 4.42 Å². The van der Waals surface area contributed by atoms with Crippen molar-refractivity contribution >= 4 is 11.1 Å². The van der Waals surface area contributed by atoms with Crippen LogP contribution in [0, 0.1) is 11.3 Å². The van der Waals surface area contributed by atoms with E-state index in [2.05, 4.69) is 16.0 Å². The molecule has 20 heavy (non-hydrogen) atoms. The Morgan fingerprint density at radius 3 is 2.80 bits per heavy atom. The van der Waals surface area contributed by atoms with Crippen LogP contribution >= 0.6 is 0 Å². The van der Waals surface area contributed by atoms with Gasteiger partial charge in [-0.15, -0.1) is 0 Å². The number of aryl methyl sites for hydroxylation is 1. The third-order valence-electron chi connectivity index (χ3n) is 3.12. The van der Waals surface area contributed by atoms with Crippen LogP contribution in [0.1, 0.15) is 17.3 Å². The SMILES string of the molecule is Cn1c(=O)oc2cc(C(C#N)c3ncccn3)ccc21. The number of aromatic nitrogens is 3. The van der Waals surface area contributed by atoms with E-state index in [4.69, 9.17) is 4.42 Å². The molecule has 0 radical (unpaired) electrons. The van der Waals surface area contributed by atoms with Gasteiger partial charge in [0.15, 0.2) is 5.58 Å². The highest BCUT2D eigenvalue weighted by molar-refractivity contribution is 5.74. The Morgan fingerprint density at radius 2 is 2.10 bits per heavy atom. The third-order valence-corrected chi connectivity index (χ3v) is 3.12. The topological polar surface area (TPSA) is 84.7 Å². The molecular weight excluding hydrogens is 256 g/mol. The van der Waals surface area contributed by atoms with Crippen molar-refractivity contribution in [1.29, 1.82) is 5.26 Å². The van der Waals surface area contributed by atoms with E-state index in [1.807, 2.05) is 0 Å². The molecule has 0 saturated heterocycles. The Balaban J connectivity index is 2.14. The van der Waals surface area contributed by atoms with Crippen molar-refractivity contribution in [3.63, 3.8) is 0 Å². The van der Waals surface area contributed by atoms with Crippen molar-refractivity contribution in [1.82, 2.24) is 14.5 Å². The van der Waals surface area contributed by atoms with Crippen LogP contribution in [-0.2, 0) is 7.05 Å². The van der Waals surface area contributed by atoms with Crippen LogP contribution in [0.3, 0.4) is 0 Å². The molecule has 1 aromatic carbocycles. The van der Waals surface area contributed by atoms with Gasteiger partial charge in [-0.05, 0) is 23.8 Å². The van der Waals surface area contributed by atoms with E-state index in [9.17, 15) is 10.1 Å². The molecule has 98 valence electrons. The van der Waals surface area contributed by atoms with Gasteiger partial charge in [0.2, 0.25) is 0 Å². The maximum Gasteiger partial charge on any atom is 0.419 e. The molecule has 6 heteroatoms. The zero-order chi connectivity index (χ0) is 14.1. The van der Waals surface area contributed by atoms with Crippen molar-refractivity contribution < 1.29 is 4.42 Å². The van der Waals surface area contributed by atoms with Crippen LogP contribution in [-0.4, -0.2) is 14.5 Å². The number of nitrogens with zero attached hydrogens (tertiary/aromatic N) is 4. The van der Waals surface area contributed by atoms with E-state index in [-0.39, 0.29) is 0 Å². The summed E-state index contributed by atoms with van der Waals surface area (Å²) in [5, 5.41) is 9.34. The zero-order valence-corrected chi connectivity index (χ0v) is 10.6. The number of hydrogen-bond donors (Lipinski definition) is 0. The molecule has 6 nitrogen and oxygen atoms in total. The molecule has 0 fully saturated rings. The number of nitriles is 1. The van der Waals surface area contributed by atoms with Gasteiger partial charge in [-0.25, -0.2) is 14.8 Å². The van der Waals surface area contributed by atoms with Gasteiger partial charge in [-0.2, -0.15) is 5.26 Å². The molecule has 0 N–H and O–H groups in total. The number of rotatable bonds is 2. The first-order chi connectivity index (χ1) is 9.70. The summed E-state index contributed by atoms with van der Waals surface area (Å²) in [6.45, 7) is 0. The Hall–Kier alpha value is -2.94. The second-order valence-corrected chi connectivity index (χ2v) is 4.32. The van der Waals surface area contributed by atoms with Crippen molar-refractivity contribution in [2.75, 3.05) is 0 Å². The fourth-order valence-electron chi connectivity index (χ4n) is 2.07. The summed E-state index contributed by atoms with van der Waals surface area (Å²) in [5.74, 6) is -0.597. The molecule has 2 aromatic heterocycles. The minimum atomic E-state index is -0.592. The Kier molecular flexibility index (Phi) is 2.80. The van der Waals surface area contributed by atoms with Crippen LogP contribution in [0.25, 0.3) is 11.1 Å². The predicted octanol–water partition coefficient (Wildman–Crippen LogP) is 1.58. The van der Waals surface area contributed by atoms with Crippen LogP contribution in [0.15, 0.2) is 45.9 Å². The summed E-state index contributed by atoms with van der Waals surface area (Å²) >= 11 is 0. The summed E-state index contributed by atoms with van der Waals surface area (Å²) < 4.78 is 6.54. The van der Waals surface area contributed by atoms with Crippen molar-refractivity contribution in [2.24, 2.45) is 7.05 Å². The van der Waals surface area contributed by atoms with Crippen molar-refractivity contribution in [2.45, 2.75) is 5.92 Å². The van der Waals surface area contributed by atoms with Crippen molar-refractivity contribution in [3.05, 3.63) is 58.6 Å². The summed E-state index contributed by atoms with van der Waals surface area (Å²) in [7, 11) is 1.63. The summed E-state index contributed by atoms with van der Waals surface area (Å²) in [6, 6.07) is 9.07. The largest absolute Gasteiger partial charge is 0.419 e. The molecule has 0 aliphatic rings. The second-order valence-electron chi connectivity index (χ2n) is 4.32. The minimum absolute atomic E-state index is 0.424. The molecule has 3 aromatic rings. The molecule has 2 heterocycles. The van der Waals surface area contributed by atoms with Crippen LogP contribution in [0.2, 0.25) is 0 Å². The van der Waals surface area contributed by atoms with Gasteiger partial charge >= 0.3 is 5.76 Å². The Bertz CT molecular complexity index is 858. The first kappa shape index (κ1) is 12.1. The monoisotopic (exact) mass is 266 g/mol. The van der Waals surface area contributed by atoms with Gasteiger partial charge in [0.25, 0.3) is 0 Å². The highest BCUT2D eigenvalue weighted by Gasteiger charge is 2.18. The molecule has 1 unspecified atom stereocenters. The molecule has 0 amide bonds. The van der Waals surface area contributed by atoms with E-state index in [0.29, 0.717) is 22.5 Å². The molecule has 0 spiro atoms. The smallest absolute Gasteiger partial charge is 0.408 e. The molecule has 0 saturated carbocycles. The first-order valence-corrected chi connectivity index (χ1v) is 5.96. The Labute approximate surface area is 113 Å². The van der Waals surface area contributed by atoms with Gasteiger partial charge in [0, 0.05) is 19.4 Å². The maximum absolute atomic E-state index is 11.5. The fraction of sp³-hybridized carbons (Fsp3) is 0.143. The predicted molar refractivity (Wildman–Crippen MR) is 70.9 cm³/mol. The second kappa shape index (κ2) is 4.63. The molecule has 0 aliphatic heterocycles. The van der Waals surface area contributed by atoms with Gasteiger partial charge in [0.05, 0.1) is 11.6 Å². The van der Waals surface area contributed by atoms with E-state index < -0.39 is 11.7 Å². The van der Waals surface area contributed by atoms with Gasteiger partial charge in [-0.1, -0.05) is 6.07 Å². The number of fused-ring (bicyclic) bond motifs is 1. The van der Waals surface area contributed by atoms with Crippen LogP contribution < -0.4 is 5.76 Å². The lowest BCUT2D eigenvalue weighted by Crippen LogP contribution is -2.08. The average Bonchev–Trinajstić information content (AvgIpc) is 2.76. The van der Waals surface area contributed by atoms with Gasteiger partial charge in [-0.3, -0.25) is 4.57 Å². The number of benzene rings is 1. The molecule has 0 bridgehead atoms. The third kappa shape index (κ3) is 1.86. The standard InChI is InChI=1S/C14H10N4O2/c1-18-11-4-3-9(7-12(11)20-14(18)19)10(8-15)13-16-5-2-6-17-13/h2-7,10H,1H3. The van der Waals surface area contributed by atoms with E-state index in [1.165, 1.54) is 4.57 Å². The highest BCUT2D eigenvalue weighted by Crippen LogP contribution is 2.24. The molecular formula is C14H10N4O2. The first-order valence-electron chi connectivity index (χ1n) is 5.96. The summed E-state index contributed by atoms with van der Waals surface area (Å²) in [6.07, 6.45) is 3.18. The fourth-order valence-corrected chi connectivity index (χ4v) is 2.07. The van der Waals surface area contributed by atoms with E-state index in [1.54, 1.807) is 43.7 Å². The van der Waals surface area contributed by atoms with Crippen LogP contribution in [0.5, 0.6) is 0 Å². The van der Waals surface area contributed by atoms with E-state index >= 15 is 0 Å². The lowest BCUT2D eigenvalue weighted by Gasteiger charge is -2.07. The summed E-state index contributed by atoms with van der Waals surface area (Å²) in [4.78, 5) is 19.7. The zero-order valence-electron chi connectivity index (χ0n) is 10.6. The van der Waals surface area contributed by atoms with Gasteiger partial charge in [0.1, 0.15) is 11.7 Å². The maximum atomic E-state index is 11.5. The van der Waals surface area contributed by atoms with E-state index in [0.717, 1.165) is 0 Å². The Morgan fingerprint density at radius 1 is 1.35 bits per heavy atom. The normalized spacial score (nSPS) is 12.2. The minimum Gasteiger partial charge on any atom is -0.408 e. The lowest BCUT2D eigenvalue weighted by molar-refractivity contribution is 0.528. The quantitative estimate of drug-likeness (QED) is 0.703. The molecule has 0 aliphatic carbocycles. The number of oxazole rings is 1.